The van der Waals surface area contributed by atoms with Crippen LogP contribution < -0.4 is 5.32 Å². The Kier molecular flexibility index (Phi) is 4.95. The molecule has 1 aliphatic heterocycles. The predicted molar refractivity (Wildman–Crippen MR) is 85.9 cm³/mol. The Hall–Kier alpha value is -1.89. The first-order chi connectivity index (χ1) is 11.1. The fourth-order valence-corrected chi connectivity index (χ4v) is 3.42. The second kappa shape index (κ2) is 7.12. The summed E-state index contributed by atoms with van der Waals surface area (Å²) in [6.07, 6.45) is 6.22. The number of amides is 2. The summed E-state index contributed by atoms with van der Waals surface area (Å²) in [6.45, 7) is 4.67. The molecule has 2 heterocycles. The number of nitrogens with one attached hydrogen (secondary N) is 2. The quantitative estimate of drug-likeness (QED) is 0.852. The summed E-state index contributed by atoms with van der Waals surface area (Å²) in [7, 11) is 0. The summed E-state index contributed by atoms with van der Waals surface area (Å²) in [5, 5.41) is 9.68. The molecule has 0 aromatic carbocycles. The molecule has 1 aromatic rings. The Morgan fingerprint density at radius 1 is 1.26 bits per heavy atom. The van der Waals surface area contributed by atoms with E-state index in [4.69, 9.17) is 0 Å². The first-order valence-electron chi connectivity index (χ1n) is 8.48. The monoisotopic (exact) mass is 319 g/mol. The molecule has 0 spiro atoms. The third kappa shape index (κ3) is 3.72. The second-order valence-corrected chi connectivity index (χ2v) is 6.46. The molecule has 0 radical (unpaired) electrons. The maximum Gasteiger partial charge on any atom is 0.271 e. The van der Waals surface area contributed by atoms with Gasteiger partial charge in [-0.1, -0.05) is 12.8 Å². The number of aromatic nitrogens is 2. The molecule has 0 bridgehead atoms. The Morgan fingerprint density at radius 2 is 1.96 bits per heavy atom. The molecule has 3 rings (SSSR count). The highest BCUT2D eigenvalue weighted by atomic mass is 16.2. The molecule has 1 aromatic heterocycles. The Morgan fingerprint density at radius 3 is 2.57 bits per heavy atom. The highest BCUT2D eigenvalue weighted by Gasteiger charge is 2.29. The van der Waals surface area contributed by atoms with Crippen LogP contribution in [0.3, 0.4) is 0 Å². The van der Waals surface area contributed by atoms with Gasteiger partial charge in [0.25, 0.3) is 5.91 Å². The highest BCUT2D eigenvalue weighted by Crippen LogP contribution is 2.18. The van der Waals surface area contributed by atoms with Gasteiger partial charge in [0.2, 0.25) is 5.91 Å². The van der Waals surface area contributed by atoms with E-state index in [9.17, 15) is 9.59 Å². The number of nitrogens with zero attached hydrogens (tertiary/aromatic N) is 3. The van der Waals surface area contributed by atoms with Crippen LogP contribution in [0, 0.1) is 0 Å². The Balaban J connectivity index is 1.48. The number of carbonyl (C=O) groups is 2. The van der Waals surface area contributed by atoms with Crippen LogP contribution in [0.25, 0.3) is 0 Å². The molecular weight excluding hydrogens is 294 g/mol. The molecule has 1 saturated carbocycles. The first-order valence-corrected chi connectivity index (χ1v) is 8.48. The van der Waals surface area contributed by atoms with Crippen LogP contribution >= 0.6 is 0 Å². The van der Waals surface area contributed by atoms with Gasteiger partial charge in [-0.15, -0.1) is 0 Å². The van der Waals surface area contributed by atoms with Gasteiger partial charge in [-0.2, -0.15) is 5.10 Å². The number of hydrogen-bond acceptors (Lipinski definition) is 4. The molecule has 1 atom stereocenters. The number of aromatic amines is 1. The van der Waals surface area contributed by atoms with Crippen molar-refractivity contribution >= 4 is 11.8 Å². The lowest BCUT2D eigenvalue weighted by Crippen LogP contribution is -2.55. The predicted octanol–water partition coefficient (Wildman–Crippen LogP) is 0.615. The van der Waals surface area contributed by atoms with Gasteiger partial charge in [-0.3, -0.25) is 19.6 Å². The van der Waals surface area contributed by atoms with E-state index in [1.807, 2.05) is 11.8 Å². The lowest BCUT2D eigenvalue weighted by Gasteiger charge is -2.37. The molecule has 126 valence electrons. The zero-order valence-corrected chi connectivity index (χ0v) is 13.6. The van der Waals surface area contributed by atoms with Crippen molar-refractivity contribution in [3.05, 3.63) is 18.0 Å². The molecule has 2 aliphatic rings. The van der Waals surface area contributed by atoms with E-state index >= 15 is 0 Å². The van der Waals surface area contributed by atoms with Gasteiger partial charge >= 0.3 is 0 Å². The van der Waals surface area contributed by atoms with E-state index in [0.717, 1.165) is 25.9 Å². The minimum Gasteiger partial charge on any atom is -0.352 e. The third-order valence-corrected chi connectivity index (χ3v) is 4.96. The molecule has 1 aliphatic carbocycles. The van der Waals surface area contributed by atoms with Gasteiger partial charge in [-0.25, -0.2) is 0 Å². The number of H-pyrrole nitrogens is 1. The van der Waals surface area contributed by atoms with E-state index < -0.39 is 0 Å². The van der Waals surface area contributed by atoms with Crippen molar-refractivity contribution in [2.45, 2.75) is 44.7 Å². The molecule has 1 saturated heterocycles. The molecule has 7 nitrogen and oxygen atoms in total. The van der Waals surface area contributed by atoms with Crippen molar-refractivity contribution in [3.8, 4) is 0 Å². The fraction of sp³-hybridized carbons (Fsp3) is 0.688. The molecular formula is C16H25N5O2. The van der Waals surface area contributed by atoms with Gasteiger partial charge in [0, 0.05) is 38.4 Å². The summed E-state index contributed by atoms with van der Waals surface area (Å²) in [5.74, 6) is 0.0930. The third-order valence-electron chi connectivity index (χ3n) is 4.96. The number of hydrogen-bond donors (Lipinski definition) is 2. The summed E-state index contributed by atoms with van der Waals surface area (Å²) >= 11 is 0. The van der Waals surface area contributed by atoms with Crippen molar-refractivity contribution in [3.63, 3.8) is 0 Å². The lowest BCUT2D eigenvalue weighted by atomic mass is 10.2. The summed E-state index contributed by atoms with van der Waals surface area (Å²) < 4.78 is 0. The van der Waals surface area contributed by atoms with Crippen LogP contribution in [0.5, 0.6) is 0 Å². The lowest BCUT2D eigenvalue weighted by molar-refractivity contribution is -0.127. The van der Waals surface area contributed by atoms with Crippen molar-refractivity contribution < 1.29 is 9.59 Å². The van der Waals surface area contributed by atoms with Gasteiger partial charge in [0.15, 0.2) is 0 Å². The average molecular weight is 319 g/mol. The minimum absolute atomic E-state index is 0.0230. The maximum absolute atomic E-state index is 12.4. The maximum atomic E-state index is 12.4. The summed E-state index contributed by atoms with van der Waals surface area (Å²) in [4.78, 5) is 28.6. The molecule has 7 heteroatoms. The van der Waals surface area contributed by atoms with E-state index in [1.54, 1.807) is 12.3 Å². The zero-order chi connectivity index (χ0) is 16.2. The summed E-state index contributed by atoms with van der Waals surface area (Å²) in [6, 6.07) is 1.90. The van der Waals surface area contributed by atoms with Crippen LogP contribution in [-0.2, 0) is 4.79 Å². The molecule has 2 amide bonds. The topological polar surface area (TPSA) is 81.3 Å². The van der Waals surface area contributed by atoms with Crippen LogP contribution in [0.15, 0.2) is 12.3 Å². The Bertz CT molecular complexity index is 531. The van der Waals surface area contributed by atoms with E-state index in [-0.39, 0.29) is 17.9 Å². The van der Waals surface area contributed by atoms with Crippen LogP contribution in [0.2, 0.25) is 0 Å². The van der Waals surface area contributed by atoms with E-state index in [2.05, 4.69) is 20.4 Å². The number of piperazine rings is 1. The molecule has 23 heavy (non-hydrogen) atoms. The van der Waals surface area contributed by atoms with E-state index in [0.29, 0.717) is 24.8 Å². The minimum atomic E-state index is -0.139. The first kappa shape index (κ1) is 16.0. The molecule has 2 N–H and O–H groups in total. The van der Waals surface area contributed by atoms with E-state index in [1.165, 1.54) is 12.8 Å². The van der Waals surface area contributed by atoms with Crippen molar-refractivity contribution in [1.82, 2.24) is 25.3 Å². The fourth-order valence-electron chi connectivity index (χ4n) is 3.42. The van der Waals surface area contributed by atoms with Crippen molar-refractivity contribution in [1.29, 1.82) is 0 Å². The molecule has 1 unspecified atom stereocenters. The SMILES string of the molecule is CC(C(=O)NC1CCCC1)N1CCN(C(=O)c2ccn[nH]2)CC1. The largest absolute Gasteiger partial charge is 0.352 e. The van der Waals surface area contributed by atoms with Crippen LogP contribution in [-0.4, -0.2) is 70.1 Å². The number of rotatable bonds is 4. The standard InChI is InChI=1S/C16H25N5O2/c1-12(15(22)18-13-4-2-3-5-13)20-8-10-21(11-9-20)16(23)14-6-7-17-19-14/h6-7,12-13H,2-5,8-11H2,1H3,(H,17,19)(H,18,22). The normalized spacial score (nSPS) is 21.3. The average Bonchev–Trinajstić information content (AvgIpc) is 3.27. The Labute approximate surface area is 136 Å². The van der Waals surface area contributed by atoms with Gasteiger partial charge in [-0.05, 0) is 25.8 Å². The van der Waals surface area contributed by atoms with Crippen LogP contribution in [0.1, 0.15) is 43.1 Å². The highest BCUT2D eigenvalue weighted by molar-refractivity contribution is 5.92. The van der Waals surface area contributed by atoms with Gasteiger partial charge < -0.3 is 10.2 Å². The van der Waals surface area contributed by atoms with Crippen molar-refractivity contribution in [2.75, 3.05) is 26.2 Å². The van der Waals surface area contributed by atoms with Crippen LogP contribution in [0.4, 0.5) is 0 Å². The smallest absolute Gasteiger partial charge is 0.271 e. The van der Waals surface area contributed by atoms with Gasteiger partial charge in [0.1, 0.15) is 5.69 Å². The second-order valence-electron chi connectivity index (χ2n) is 6.46. The van der Waals surface area contributed by atoms with Gasteiger partial charge in [0.05, 0.1) is 6.04 Å². The number of carbonyl (C=O) groups excluding carboxylic acids is 2. The summed E-state index contributed by atoms with van der Waals surface area (Å²) in [5.41, 5.74) is 0.519. The zero-order valence-electron chi connectivity index (χ0n) is 13.6. The van der Waals surface area contributed by atoms with Crippen molar-refractivity contribution in [2.24, 2.45) is 0 Å². The molecule has 2 fully saturated rings.